The standard InChI is InChI=1S/C7H11NO4S/c1-13(11,12)8-2-4-5(3-8)6(4)7(9)10/h4-6H,2-3H2,1H3,(H,9,10)/t4-,5?,6?/m0/s1. The molecule has 1 saturated heterocycles. The number of carbonyl (C=O) groups is 1. The van der Waals surface area contributed by atoms with Crippen LogP contribution in [0.2, 0.25) is 0 Å². The lowest BCUT2D eigenvalue weighted by molar-refractivity contribution is -0.139. The molecule has 13 heavy (non-hydrogen) atoms. The van der Waals surface area contributed by atoms with Gasteiger partial charge in [0.25, 0.3) is 0 Å². The van der Waals surface area contributed by atoms with Gasteiger partial charge in [0.1, 0.15) is 0 Å². The minimum Gasteiger partial charge on any atom is -0.481 e. The molecule has 0 bridgehead atoms. The van der Waals surface area contributed by atoms with E-state index in [1.807, 2.05) is 0 Å². The van der Waals surface area contributed by atoms with Crippen LogP contribution < -0.4 is 0 Å². The average molecular weight is 205 g/mol. The van der Waals surface area contributed by atoms with Gasteiger partial charge in [-0.15, -0.1) is 0 Å². The fraction of sp³-hybridized carbons (Fsp3) is 0.857. The lowest BCUT2D eigenvalue weighted by atomic mass is 10.3. The van der Waals surface area contributed by atoms with Crippen molar-refractivity contribution >= 4 is 16.0 Å². The van der Waals surface area contributed by atoms with Crippen molar-refractivity contribution in [2.45, 2.75) is 0 Å². The van der Waals surface area contributed by atoms with Crippen LogP contribution in [-0.4, -0.2) is 43.1 Å². The summed E-state index contributed by atoms with van der Waals surface area (Å²) in [7, 11) is -3.11. The first kappa shape index (κ1) is 8.96. The van der Waals surface area contributed by atoms with Crippen LogP contribution in [0.1, 0.15) is 0 Å². The second-order valence-electron chi connectivity index (χ2n) is 3.77. The first-order valence-corrected chi connectivity index (χ1v) is 5.94. The van der Waals surface area contributed by atoms with Gasteiger partial charge in [-0.25, -0.2) is 12.7 Å². The van der Waals surface area contributed by atoms with Crippen LogP contribution in [-0.2, 0) is 14.8 Å². The zero-order chi connectivity index (χ0) is 9.80. The van der Waals surface area contributed by atoms with E-state index in [1.165, 1.54) is 4.31 Å². The first-order chi connectivity index (χ1) is 5.91. The van der Waals surface area contributed by atoms with Gasteiger partial charge in [0.2, 0.25) is 10.0 Å². The van der Waals surface area contributed by atoms with Gasteiger partial charge in [0.15, 0.2) is 0 Å². The van der Waals surface area contributed by atoms with E-state index in [-0.39, 0.29) is 17.8 Å². The molecule has 2 unspecified atom stereocenters. The highest BCUT2D eigenvalue weighted by Crippen LogP contribution is 2.52. The molecule has 74 valence electrons. The second kappa shape index (κ2) is 2.45. The molecule has 1 aliphatic carbocycles. The molecule has 2 rings (SSSR count). The van der Waals surface area contributed by atoms with E-state index < -0.39 is 16.0 Å². The van der Waals surface area contributed by atoms with Crippen LogP contribution in [0, 0.1) is 17.8 Å². The molecule has 0 amide bonds. The van der Waals surface area contributed by atoms with Gasteiger partial charge in [0, 0.05) is 13.1 Å². The summed E-state index contributed by atoms with van der Waals surface area (Å²) in [6.45, 7) is 0.779. The third-order valence-corrected chi connectivity index (χ3v) is 4.15. The van der Waals surface area contributed by atoms with Crippen LogP contribution in [0.15, 0.2) is 0 Å². The Bertz CT molecular complexity index is 338. The molecular weight excluding hydrogens is 194 g/mol. The van der Waals surface area contributed by atoms with Gasteiger partial charge in [0.05, 0.1) is 12.2 Å². The molecule has 3 atom stereocenters. The predicted octanol–water partition coefficient (Wildman–Crippen LogP) is -0.792. The molecule has 6 heteroatoms. The molecule has 1 aliphatic heterocycles. The molecule has 1 N–H and O–H groups in total. The third-order valence-electron chi connectivity index (χ3n) is 2.91. The number of hydrogen-bond acceptors (Lipinski definition) is 3. The molecule has 0 aromatic heterocycles. The van der Waals surface area contributed by atoms with Gasteiger partial charge in [-0.2, -0.15) is 0 Å². The molecule has 5 nitrogen and oxygen atoms in total. The molecule has 0 spiro atoms. The Labute approximate surface area is 76.4 Å². The Hall–Kier alpha value is -0.620. The Balaban J connectivity index is 2.01. The summed E-state index contributed by atoms with van der Waals surface area (Å²) < 4.78 is 23.5. The second-order valence-corrected chi connectivity index (χ2v) is 5.75. The lowest BCUT2D eigenvalue weighted by Crippen LogP contribution is -2.31. The number of sulfonamides is 1. The zero-order valence-electron chi connectivity index (χ0n) is 7.17. The summed E-state index contributed by atoms with van der Waals surface area (Å²) in [6.07, 6.45) is 1.16. The Kier molecular flexibility index (Phi) is 1.69. The molecule has 2 fully saturated rings. The van der Waals surface area contributed by atoms with Crippen molar-refractivity contribution in [2.24, 2.45) is 17.8 Å². The number of carboxylic acid groups (broad SMARTS) is 1. The molecular formula is C7H11NO4S. The van der Waals surface area contributed by atoms with Crippen molar-refractivity contribution in [1.29, 1.82) is 0 Å². The number of piperidine rings is 1. The minimum atomic E-state index is -3.11. The van der Waals surface area contributed by atoms with Crippen LogP contribution in [0.4, 0.5) is 0 Å². The van der Waals surface area contributed by atoms with Crippen molar-refractivity contribution in [3.05, 3.63) is 0 Å². The van der Waals surface area contributed by atoms with E-state index in [9.17, 15) is 13.2 Å². The van der Waals surface area contributed by atoms with Gasteiger partial charge in [-0.3, -0.25) is 4.79 Å². The number of aliphatic carboxylic acids is 1. The highest BCUT2D eigenvalue weighted by atomic mass is 32.2. The maximum absolute atomic E-state index is 11.1. The quantitative estimate of drug-likeness (QED) is 0.641. The number of fused-ring (bicyclic) bond motifs is 1. The molecule has 0 radical (unpaired) electrons. The molecule has 0 aromatic carbocycles. The summed E-state index contributed by atoms with van der Waals surface area (Å²) in [4.78, 5) is 10.6. The van der Waals surface area contributed by atoms with Gasteiger partial charge < -0.3 is 5.11 Å². The fourth-order valence-corrected chi connectivity index (χ4v) is 3.01. The minimum absolute atomic E-state index is 0.0622. The van der Waals surface area contributed by atoms with Crippen molar-refractivity contribution < 1.29 is 18.3 Å². The van der Waals surface area contributed by atoms with Crippen molar-refractivity contribution in [1.82, 2.24) is 4.31 Å². The summed E-state index contributed by atoms with van der Waals surface area (Å²) in [5.41, 5.74) is 0. The maximum Gasteiger partial charge on any atom is 0.307 e. The van der Waals surface area contributed by atoms with E-state index >= 15 is 0 Å². The Morgan fingerprint density at radius 1 is 1.38 bits per heavy atom. The SMILES string of the molecule is CS(=O)(=O)N1CC2C(C(=O)O)[C@H]2C1. The number of nitrogens with zero attached hydrogens (tertiary/aromatic N) is 1. The van der Waals surface area contributed by atoms with E-state index in [2.05, 4.69) is 0 Å². The molecule has 0 aromatic rings. The van der Waals surface area contributed by atoms with Crippen LogP contribution >= 0.6 is 0 Å². The average Bonchev–Trinajstić information content (AvgIpc) is 2.46. The smallest absolute Gasteiger partial charge is 0.307 e. The maximum atomic E-state index is 11.1. The highest BCUT2D eigenvalue weighted by Gasteiger charge is 2.61. The largest absolute Gasteiger partial charge is 0.481 e. The summed E-state index contributed by atoms with van der Waals surface area (Å²) in [6, 6.07) is 0. The normalized spacial score (nSPS) is 38.7. The summed E-state index contributed by atoms with van der Waals surface area (Å²) >= 11 is 0. The van der Waals surface area contributed by atoms with E-state index in [0.717, 1.165) is 6.26 Å². The monoisotopic (exact) mass is 205 g/mol. The molecule has 2 aliphatic rings. The van der Waals surface area contributed by atoms with E-state index in [4.69, 9.17) is 5.11 Å². The zero-order valence-corrected chi connectivity index (χ0v) is 7.99. The van der Waals surface area contributed by atoms with Crippen molar-refractivity contribution in [2.75, 3.05) is 19.3 Å². The molecule has 1 heterocycles. The van der Waals surface area contributed by atoms with Crippen molar-refractivity contribution in [3.63, 3.8) is 0 Å². The molecule has 1 saturated carbocycles. The number of hydrogen-bond donors (Lipinski definition) is 1. The van der Waals surface area contributed by atoms with E-state index in [1.54, 1.807) is 0 Å². The lowest BCUT2D eigenvalue weighted by Gasteiger charge is -2.15. The highest BCUT2D eigenvalue weighted by molar-refractivity contribution is 7.88. The topological polar surface area (TPSA) is 74.7 Å². The van der Waals surface area contributed by atoms with E-state index in [0.29, 0.717) is 13.1 Å². The van der Waals surface area contributed by atoms with Crippen LogP contribution in [0.3, 0.4) is 0 Å². The Morgan fingerprint density at radius 2 is 1.85 bits per heavy atom. The summed E-state index contributed by atoms with van der Waals surface area (Å²) in [5, 5.41) is 8.68. The predicted molar refractivity (Wildman–Crippen MR) is 44.5 cm³/mol. The third kappa shape index (κ3) is 1.34. The van der Waals surface area contributed by atoms with Gasteiger partial charge in [-0.05, 0) is 11.8 Å². The summed E-state index contributed by atoms with van der Waals surface area (Å²) in [5.74, 6) is -0.958. The van der Waals surface area contributed by atoms with Crippen LogP contribution in [0.5, 0.6) is 0 Å². The van der Waals surface area contributed by atoms with Gasteiger partial charge in [-0.1, -0.05) is 0 Å². The fourth-order valence-electron chi connectivity index (χ4n) is 2.12. The first-order valence-electron chi connectivity index (χ1n) is 4.09. The van der Waals surface area contributed by atoms with Gasteiger partial charge >= 0.3 is 5.97 Å². The number of rotatable bonds is 2. The number of carboxylic acids is 1. The van der Waals surface area contributed by atoms with Crippen LogP contribution in [0.25, 0.3) is 0 Å². The van der Waals surface area contributed by atoms with Crippen molar-refractivity contribution in [3.8, 4) is 0 Å². The Morgan fingerprint density at radius 3 is 2.15 bits per heavy atom.